The Kier molecular flexibility index (Phi) is 3.50. The standard InChI is InChI=1S/C9H9N2O4/c1-15-11(14)9-4-2-8(3-5-9)6-7-10(12)13/h2-7H,1H3/q+1. The van der Waals surface area contributed by atoms with Crippen LogP contribution in [0.5, 0.6) is 0 Å². The van der Waals surface area contributed by atoms with E-state index in [1.54, 1.807) is 12.1 Å². The second kappa shape index (κ2) is 4.85. The van der Waals surface area contributed by atoms with E-state index in [-0.39, 0.29) is 0 Å². The topological polar surface area (TPSA) is 72.5 Å². The number of nitro groups is 1. The Labute approximate surface area is 85.5 Å². The van der Waals surface area contributed by atoms with Crippen molar-refractivity contribution in [3.8, 4) is 0 Å². The van der Waals surface area contributed by atoms with Gasteiger partial charge in [0, 0.05) is 18.2 Å². The van der Waals surface area contributed by atoms with E-state index in [0.717, 1.165) is 6.20 Å². The zero-order valence-electron chi connectivity index (χ0n) is 7.99. The Morgan fingerprint density at radius 1 is 1.27 bits per heavy atom. The maximum atomic E-state index is 11.0. The molecule has 0 heterocycles. The van der Waals surface area contributed by atoms with Gasteiger partial charge in [0.05, 0.1) is 9.83 Å². The number of nitrogens with zero attached hydrogens (tertiary/aromatic N) is 2. The molecule has 15 heavy (non-hydrogen) atoms. The smallest absolute Gasteiger partial charge is 0.259 e. The fourth-order valence-electron chi connectivity index (χ4n) is 0.959. The predicted octanol–water partition coefficient (Wildman–Crippen LogP) is 1.91. The van der Waals surface area contributed by atoms with E-state index >= 15 is 0 Å². The van der Waals surface area contributed by atoms with Gasteiger partial charge in [0.25, 0.3) is 4.92 Å². The first-order chi connectivity index (χ1) is 7.13. The summed E-state index contributed by atoms with van der Waals surface area (Å²) in [5, 5.41) is 10.0. The number of hydrogen-bond acceptors (Lipinski definition) is 4. The lowest BCUT2D eigenvalue weighted by atomic mass is 10.2. The van der Waals surface area contributed by atoms with E-state index in [9.17, 15) is 15.0 Å². The summed E-state index contributed by atoms with van der Waals surface area (Å²) in [5.74, 6) is 0. The molecule has 0 saturated carbocycles. The minimum absolute atomic E-state index is 0.329. The molecule has 1 rings (SSSR count). The lowest BCUT2D eigenvalue weighted by Crippen LogP contribution is -1.97. The first-order valence-electron chi connectivity index (χ1n) is 4.06. The molecule has 1 aromatic rings. The molecule has 0 N–H and O–H groups in total. The van der Waals surface area contributed by atoms with Crippen LogP contribution in [0.2, 0.25) is 0 Å². The van der Waals surface area contributed by atoms with Gasteiger partial charge in [0.1, 0.15) is 0 Å². The molecule has 0 aliphatic carbocycles. The molecular weight excluding hydrogens is 200 g/mol. The molecule has 0 aromatic heterocycles. The van der Waals surface area contributed by atoms with Crippen molar-refractivity contribution in [2.24, 2.45) is 0 Å². The molecule has 0 radical (unpaired) electrons. The molecule has 6 nitrogen and oxygen atoms in total. The first-order valence-corrected chi connectivity index (χ1v) is 4.06. The molecule has 1 aromatic carbocycles. The van der Waals surface area contributed by atoms with Crippen molar-refractivity contribution < 1.29 is 14.7 Å². The molecule has 0 fully saturated rings. The van der Waals surface area contributed by atoms with E-state index in [0.29, 0.717) is 16.2 Å². The van der Waals surface area contributed by atoms with Crippen molar-refractivity contribution in [2.75, 3.05) is 7.11 Å². The maximum absolute atomic E-state index is 11.0. The van der Waals surface area contributed by atoms with Gasteiger partial charge in [0.2, 0.25) is 6.20 Å². The second-order valence-corrected chi connectivity index (χ2v) is 2.63. The Hall–Kier alpha value is -2.24. The van der Waals surface area contributed by atoms with Crippen LogP contribution in [-0.2, 0) is 4.84 Å². The summed E-state index contributed by atoms with van der Waals surface area (Å²) in [6.07, 6.45) is 2.17. The minimum atomic E-state index is -0.553. The minimum Gasteiger partial charge on any atom is -0.259 e. The van der Waals surface area contributed by atoms with Crippen LogP contribution < -0.4 is 0 Å². The summed E-state index contributed by atoms with van der Waals surface area (Å²) >= 11 is 0. The van der Waals surface area contributed by atoms with Crippen LogP contribution in [0.4, 0.5) is 5.69 Å². The summed E-state index contributed by atoms with van der Waals surface area (Å²) in [7, 11) is 1.26. The third-order valence-corrected chi connectivity index (χ3v) is 1.66. The summed E-state index contributed by atoms with van der Waals surface area (Å²) in [6, 6.07) is 6.19. The van der Waals surface area contributed by atoms with Crippen LogP contribution in [0.3, 0.4) is 0 Å². The summed E-state index contributed by atoms with van der Waals surface area (Å²) < 4.78 is 0. The zero-order chi connectivity index (χ0) is 11.3. The van der Waals surface area contributed by atoms with Crippen LogP contribution in [-0.4, -0.2) is 17.0 Å². The number of hydrogen-bond donors (Lipinski definition) is 0. The van der Waals surface area contributed by atoms with Gasteiger partial charge in [-0.05, 0) is 17.7 Å². The fraction of sp³-hybridized carbons (Fsp3) is 0.111. The van der Waals surface area contributed by atoms with Gasteiger partial charge >= 0.3 is 5.69 Å². The Bertz CT molecular complexity index is 397. The average Bonchev–Trinajstić information content (AvgIpc) is 2.26. The maximum Gasteiger partial charge on any atom is 0.316 e. The molecule has 0 bridgehead atoms. The molecule has 0 atom stereocenters. The molecule has 78 valence electrons. The van der Waals surface area contributed by atoms with E-state index in [1.165, 1.54) is 25.3 Å². The molecule has 0 amide bonds. The molecule has 0 aliphatic rings. The predicted molar refractivity (Wildman–Crippen MR) is 52.8 cm³/mol. The van der Waals surface area contributed by atoms with Crippen molar-refractivity contribution in [1.82, 2.24) is 0 Å². The molecule has 0 saturated heterocycles. The lowest BCUT2D eigenvalue weighted by molar-refractivity contribution is -0.736. The van der Waals surface area contributed by atoms with Crippen molar-refractivity contribution >= 4 is 11.8 Å². The van der Waals surface area contributed by atoms with E-state index in [4.69, 9.17) is 0 Å². The molecule has 6 heteroatoms. The third-order valence-electron chi connectivity index (χ3n) is 1.66. The monoisotopic (exact) mass is 209 g/mol. The molecular formula is C9H9N2O4+. The van der Waals surface area contributed by atoms with Crippen molar-refractivity contribution in [3.63, 3.8) is 0 Å². The Morgan fingerprint density at radius 2 is 1.87 bits per heavy atom. The van der Waals surface area contributed by atoms with Gasteiger partial charge in [0.15, 0.2) is 7.11 Å². The van der Waals surface area contributed by atoms with Crippen LogP contribution >= 0.6 is 0 Å². The van der Waals surface area contributed by atoms with Gasteiger partial charge in [-0.3, -0.25) is 10.1 Å². The van der Waals surface area contributed by atoms with Crippen LogP contribution in [0.1, 0.15) is 5.56 Å². The summed E-state index contributed by atoms with van der Waals surface area (Å²) in [4.78, 5) is 25.2. The quantitative estimate of drug-likeness (QED) is 0.560. The Morgan fingerprint density at radius 3 is 2.33 bits per heavy atom. The largest absolute Gasteiger partial charge is 0.316 e. The number of benzene rings is 1. The lowest BCUT2D eigenvalue weighted by Gasteiger charge is -1.90. The highest BCUT2D eigenvalue weighted by atomic mass is 16.8. The van der Waals surface area contributed by atoms with Gasteiger partial charge in [-0.1, -0.05) is 0 Å². The molecule has 0 spiro atoms. The van der Waals surface area contributed by atoms with Crippen molar-refractivity contribution in [1.29, 1.82) is 0 Å². The summed E-state index contributed by atoms with van der Waals surface area (Å²) in [6.45, 7) is 0. The van der Waals surface area contributed by atoms with Crippen molar-refractivity contribution in [2.45, 2.75) is 0 Å². The van der Waals surface area contributed by atoms with Gasteiger partial charge in [-0.25, -0.2) is 4.84 Å². The normalized spacial score (nSPS) is 10.2. The van der Waals surface area contributed by atoms with E-state index < -0.39 is 4.92 Å². The highest BCUT2D eigenvalue weighted by Gasteiger charge is 2.12. The first kappa shape index (κ1) is 10.8. The second-order valence-electron chi connectivity index (χ2n) is 2.63. The summed E-state index contributed by atoms with van der Waals surface area (Å²) in [5.41, 5.74) is 0.968. The molecule has 0 unspecified atom stereocenters. The highest BCUT2D eigenvalue weighted by Crippen LogP contribution is 2.13. The van der Waals surface area contributed by atoms with Crippen LogP contribution in [0, 0.1) is 15.0 Å². The number of rotatable bonds is 4. The van der Waals surface area contributed by atoms with Gasteiger partial charge in [-0.2, -0.15) is 0 Å². The average molecular weight is 209 g/mol. The molecule has 0 aliphatic heterocycles. The SMILES string of the molecule is CO[N+](=O)c1ccc(C=C[N+](=O)[O-])cc1. The van der Waals surface area contributed by atoms with E-state index in [1.807, 2.05) is 0 Å². The highest BCUT2D eigenvalue weighted by molar-refractivity contribution is 5.50. The van der Waals surface area contributed by atoms with Crippen molar-refractivity contribution in [3.05, 3.63) is 51.1 Å². The fourth-order valence-corrected chi connectivity index (χ4v) is 0.959. The van der Waals surface area contributed by atoms with Crippen LogP contribution in [0.25, 0.3) is 6.08 Å². The third kappa shape index (κ3) is 3.18. The van der Waals surface area contributed by atoms with Gasteiger partial charge < -0.3 is 0 Å². The zero-order valence-corrected chi connectivity index (χ0v) is 7.99. The van der Waals surface area contributed by atoms with Gasteiger partial charge in [-0.15, -0.1) is 0 Å². The Balaban J connectivity index is 2.81. The van der Waals surface area contributed by atoms with Crippen LogP contribution in [0.15, 0.2) is 30.5 Å². The van der Waals surface area contributed by atoms with E-state index in [2.05, 4.69) is 4.84 Å².